The third kappa shape index (κ3) is 3.87. The Morgan fingerprint density at radius 3 is 2.72 bits per heavy atom. The van der Waals surface area contributed by atoms with Gasteiger partial charge in [-0.05, 0) is 36.4 Å². The SMILES string of the molecule is Cn1c(=O)oc2cc(S(=O)(=O)N3CCC(C(=O)NCc4cccs4)CC3)ccc21. The quantitative estimate of drug-likeness (QED) is 0.660. The van der Waals surface area contributed by atoms with E-state index in [-0.39, 0.29) is 35.4 Å². The summed E-state index contributed by atoms with van der Waals surface area (Å²) in [6, 6.07) is 8.33. The second kappa shape index (κ2) is 7.77. The number of fused-ring (bicyclic) bond motifs is 1. The highest BCUT2D eigenvalue weighted by Gasteiger charge is 2.32. The van der Waals surface area contributed by atoms with Crippen LogP contribution < -0.4 is 11.1 Å². The number of nitrogens with zero attached hydrogens (tertiary/aromatic N) is 2. The summed E-state index contributed by atoms with van der Waals surface area (Å²) in [5, 5.41) is 4.89. The van der Waals surface area contributed by atoms with Gasteiger partial charge in [-0.15, -0.1) is 11.3 Å². The first-order valence-electron chi connectivity index (χ1n) is 9.26. The average molecular weight is 436 g/mol. The number of oxazole rings is 1. The van der Waals surface area contributed by atoms with Crippen molar-refractivity contribution in [1.29, 1.82) is 0 Å². The molecule has 1 N–H and O–H groups in total. The molecule has 0 spiro atoms. The summed E-state index contributed by atoms with van der Waals surface area (Å²) in [6.45, 7) is 1.05. The van der Waals surface area contributed by atoms with Crippen LogP contribution in [0, 0.1) is 5.92 Å². The Bertz CT molecular complexity index is 1190. The van der Waals surface area contributed by atoms with Crippen LogP contribution in [-0.4, -0.2) is 36.3 Å². The number of amides is 1. The molecule has 4 rings (SSSR count). The van der Waals surface area contributed by atoms with Crippen LogP contribution in [0.2, 0.25) is 0 Å². The predicted molar refractivity (Wildman–Crippen MR) is 109 cm³/mol. The summed E-state index contributed by atoms with van der Waals surface area (Å²) in [5.74, 6) is -0.775. The van der Waals surface area contributed by atoms with Crippen molar-refractivity contribution in [2.24, 2.45) is 13.0 Å². The van der Waals surface area contributed by atoms with Crippen molar-refractivity contribution in [2.75, 3.05) is 13.1 Å². The lowest BCUT2D eigenvalue weighted by atomic mass is 9.97. The molecule has 1 amide bonds. The Kier molecular flexibility index (Phi) is 5.32. The molecule has 1 fully saturated rings. The van der Waals surface area contributed by atoms with E-state index in [9.17, 15) is 18.0 Å². The number of hydrogen-bond acceptors (Lipinski definition) is 6. The zero-order valence-corrected chi connectivity index (χ0v) is 17.5. The van der Waals surface area contributed by atoms with E-state index in [2.05, 4.69) is 5.32 Å². The molecular formula is C19H21N3O5S2. The molecule has 154 valence electrons. The molecule has 0 atom stereocenters. The van der Waals surface area contributed by atoms with Crippen molar-refractivity contribution < 1.29 is 17.6 Å². The standard InChI is InChI=1S/C19H21N3O5S2/c1-21-16-5-4-15(11-17(16)27-19(21)24)29(25,26)22-8-6-13(7-9-22)18(23)20-12-14-3-2-10-28-14/h2-5,10-11,13H,6-9,12H2,1H3,(H,20,23). The van der Waals surface area contributed by atoms with Crippen LogP contribution in [0.15, 0.2) is 49.8 Å². The van der Waals surface area contributed by atoms with Gasteiger partial charge in [0.1, 0.15) is 0 Å². The maximum Gasteiger partial charge on any atom is 0.419 e. The molecule has 3 aromatic rings. The van der Waals surface area contributed by atoms with Crippen LogP contribution >= 0.6 is 11.3 Å². The molecule has 0 unspecified atom stereocenters. The third-order valence-electron chi connectivity index (χ3n) is 5.24. The lowest BCUT2D eigenvalue weighted by molar-refractivity contribution is -0.126. The van der Waals surface area contributed by atoms with E-state index in [0.717, 1.165) is 4.88 Å². The van der Waals surface area contributed by atoms with Gasteiger partial charge >= 0.3 is 5.76 Å². The lowest BCUT2D eigenvalue weighted by Gasteiger charge is -2.30. The van der Waals surface area contributed by atoms with Crippen molar-refractivity contribution in [2.45, 2.75) is 24.3 Å². The Labute approximate surface area is 171 Å². The highest BCUT2D eigenvalue weighted by atomic mass is 32.2. The van der Waals surface area contributed by atoms with Crippen molar-refractivity contribution >= 4 is 38.4 Å². The Morgan fingerprint density at radius 1 is 1.28 bits per heavy atom. The Hall–Kier alpha value is -2.43. The number of carbonyl (C=O) groups is 1. The minimum atomic E-state index is -3.72. The van der Waals surface area contributed by atoms with Gasteiger partial charge in [-0.3, -0.25) is 9.36 Å². The Balaban J connectivity index is 1.42. The minimum absolute atomic E-state index is 0.0390. The number of aryl methyl sites for hydroxylation is 1. The summed E-state index contributed by atoms with van der Waals surface area (Å²) < 4.78 is 33.8. The largest absolute Gasteiger partial charge is 0.419 e. The fourth-order valence-electron chi connectivity index (χ4n) is 3.51. The molecule has 0 bridgehead atoms. The van der Waals surface area contributed by atoms with Gasteiger partial charge in [0.25, 0.3) is 0 Å². The second-order valence-corrected chi connectivity index (χ2v) is 10.0. The van der Waals surface area contributed by atoms with Gasteiger partial charge in [0.2, 0.25) is 15.9 Å². The summed E-state index contributed by atoms with van der Waals surface area (Å²) in [7, 11) is -2.16. The molecule has 1 saturated heterocycles. The van der Waals surface area contributed by atoms with Gasteiger partial charge in [-0.2, -0.15) is 4.31 Å². The van der Waals surface area contributed by atoms with E-state index in [1.54, 1.807) is 24.5 Å². The number of piperidine rings is 1. The van der Waals surface area contributed by atoms with Gasteiger partial charge in [0.15, 0.2) is 5.58 Å². The minimum Gasteiger partial charge on any atom is -0.408 e. The second-order valence-electron chi connectivity index (χ2n) is 7.03. The molecule has 3 heterocycles. The van der Waals surface area contributed by atoms with E-state index < -0.39 is 15.8 Å². The van der Waals surface area contributed by atoms with Crippen molar-refractivity contribution in [1.82, 2.24) is 14.2 Å². The summed E-state index contributed by atoms with van der Waals surface area (Å²) >= 11 is 1.59. The van der Waals surface area contributed by atoms with E-state index in [0.29, 0.717) is 24.9 Å². The van der Waals surface area contributed by atoms with E-state index in [1.807, 2.05) is 17.5 Å². The van der Waals surface area contributed by atoms with E-state index >= 15 is 0 Å². The number of hydrogen-bond donors (Lipinski definition) is 1. The molecule has 2 aromatic heterocycles. The first kappa shape index (κ1) is 19.9. The van der Waals surface area contributed by atoms with E-state index in [4.69, 9.17) is 4.42 Å². The highest BCUT2D eigenvalue weighted by Crippen LogP contribution is 2.26. The summed E-state index contributed by atoms with van der Waals surface area (Å²) in [6.07, 6.45) is 0.941. The first-order chi connectivity index (χ1) is 13.9. The topological polar surface area (TPSA) is 102 Å². The number of thiophene rings is 1. The first-order valence-corrected chi connectivity index (χ1v) is 11.6. The van der Waals surface area contributed by atoms with Gasteiger partial charge < -0.3 is 9.73 Å². The highest BCUT2D eigenvalue weighted by molar-refractivity contribution is 7.89. The van der Waals surface area contributed by atoms with Gasteiger partial charge in [0, 0.05) is 37.0 Å². The van der Waals surface area contributed by atoms with Crippen LogP contribution in [-0.2, 0) is 28.4 Å². The monoisotopic (exact) mass is 435 g/mol. The molecule has 1 aliphatic heterocycles. The van der Waals surface area contributed by atoms with Gasteiger partial charge in [0.05, 0.1) is 17.0 Å². The number of carbonyl (C=O) groups excluding carboxylic acids is 1. The van der Waals surface area contributed by atoms with Crippen LogP contribution in [0.1, 0.15) is 17.7 Å². The molecule has 0 aliphatic carbocycles. The maximum atomic E-state index is 13.0. The van der Waals surface area contributed by atoms with Crippen molar-refractivity contribution in [3.63, 3.8) is 0 Å². The van der Waals surface area contributed by atoms with Crippen LogP contribution in [0.5, 0.6) is 0 Å². The zero-order valence-electron chi connectivity index (χ0n) is 15.8. The number of aromatic nitrogens is 1. The lowest BCUT2D eigenvalue weighted by Crippen LogP contribution is -2.42. The maximum absolute atomic E-state index is 13.0. The van der Waals surface area contributed by atoms with Crippen LogP contribution in [0.4, 0.5) is 0 Å². The summed E-state index contributed by atoms with van der Waals surface area (Å²) in [4.78, 5) is 25.2. The summed E-state index contributed by atoms with van der Waals surface area (Å²) in [5.41, 5.74) is 0.775. The van der Waals surface area contributed by atoms with Crippen LogP contribution in [0.25, 0.3) is 11.1 Å². The average Bonchev–Trinajstić information content (AvgIpc) is 3.34. The zero-order chi connectivity index (χ0) is 20.6. The smallest absolute Gasteiger partial charge is 0.408 e. The molecule has 0 radical (unpaired) electrons. The molecule has 10 heteroatoms. The van der Waals surface area contributed by atoms with Crippen molar-refractivity contribution in [3.8, 4) is 0 Å². The number of nitrogens with one attached hydrogen (secondary N) is 1. The van der Waals surface area contributed by atoms with Gasteiger partial charge in [-0.25, -0.2) is 13.2 Å². The van der Waals surface area contributed by atoms with E-state index in [1.165, 1.54) is 21.0 Å². The molecule has 1 aliphatic rings. The fourth-order valence-corrected chi connectivity index (χ4v) is 5.64. The molecular weight excluding hydrogens is 414 g/mol. The molecule has 1 aromatic carbocycles. The molecule has 8 nitrogen and oxygen atoms in total. The fraction of sp³-hybridized carbons (Fsp3) is 0.368. The van der Waals surface area contributed by atoms with Crippen molar-refractivity contribution in [3.05, 3.63) is 51.1 Å². The van der Waals surface area contributed by atoms with Gasteiger partial charge in [-0.1, -0.05) is 6.07 Å². The van der Waals surface area contributed by atoms with Crippen LogP contribution in [0.3, 0.4) is 0 Å². The molecule has 29 heavy (non-hydrogen) atoms. The molecule has 0 saturated carbocycles. The predicted octanol–water partition coefficient (Wildman–Crippen LogP) is 1.91. The number of rotatable bonds is 5. The number of benzene rings is 1. The Morgan fingerprint density at radius 2 is 2.03 bits per heavy atom. The normalized spacial score (nSPS) is 16.3. The number of sulfonamides is 1. The third-order valence-corrected chi connectivity index (χ3v) is 8.01.